The maximum absolute atomic E-state index is 8.98. The van der Waals surface area contributed by atoms with Crippen LogP contribution in [0.1, 0.15) is 6.92 Å². The van der Waals surface area contributed by atoms with Gasteiger partial charge in [0, 0.05) is 24.5 Å². The smallest absolute Gasteiger partial charge is 0.168 e. The highest BCUT2D eigenvalue weighted by atomic mass is 16.3. The van der Waals surface area contributed by atoms with Crippen LogP contribution in [-0.2, 0) is 6.54 Å². The number of pyridine rings is 1. The molecule has 0 bridgehead atoms. The number of benzene rings is 1. The van der Waals surface area contributed by atoms with Crippen LogP contribution < -0.4 is 14.8 Å². The second-order valence-electron chi connectivity index (χ2n) is 4.29. The zero-order valence-corrected chi connectivity index (χ0v) is 11.6. The van der Waals surface area contributed by atoms with Crippen molar-refractivity contribution >= 4 is 11.4 Å². The maximum Gasteiger partial charge on any atom is 0.168 e. The molecule has 0 radical (unpaired) electrons. The minimum atomic E-state index is 0.00912. The lowest BCUT2D eigenvalue weighted by Crippen LogP contribution is -2.30. The molecule has 4 heteroatoms. The van der Waals surface area contributed by atoms with E-state index >= 15 is 0 Å². The summed E-state index contributed by atoms with van der Waals surface area (Å²) in [6.45, 7) is 3.19. The van der Waals surface area contributed by atoms with Crippen molar-refractivity contribution in [2.24, 2.45) is 0 Å². The Bertz CT molecular complexity index is 555. The van der Waals surface area contributed by atoms with Gasteiger partial charge in [0.05, 0.1) is 11.4 Å². The first-order valence-electron chi connectivity index (χ1n) is 6.69. The standard InChI is InChI=1S/C9H10N2O.C7H10N/c12-7-11-6-5-10-8-3-1-2-4-9(8)11;1-2-8-6-4-3-5-7-8/h1-6,10,12H,7H2;3-7H,2H2,1H3/q;+1. The maximum atomic E-state index is 8.98. The highest BCUT2D eigenvalue weighted by Crippen LogP contribution is 2.27. The SMILES string of the molecule is CC[n+]1ccccc1.OCN1C=CNc2ccccc21. The summed E-state index contributed by atoms with van der Waals surface area (Å²) in [5, 5.41) is 12.1. The molecule has 0 unspecified atom stereocenters. The Kier molecular flexibility index (Phi) is 5.15. The molecule has 0 amide bonds. The second kappa shape index (κ2) is 7.31. The van der Waals surface area contributed by atoms with Crippen LogP contribution in [0.2, 0.25) is 0 Å². The number of para-hydroxylation sites is 2. The second-order valence-corrected chi connectivity index (χ2v) is 4.29. The van der Waals surface area contributed by atoms with E-state index in [1.807, 2.05) is 48.7 Å². The number of nitrogens with one attached hydrogen (secondary N) is 1. The topological polar surface area (TPSA) is 39.4 Å². The zero-order chi connectivity index (χ0) is 14.2. The van der Waals surface area contributed by atoms with Crippen molar-refractivity contribution in [2.75, 3.05) is 16.9 Å². The Balaban J connectivity index is 0.000000160. The summed E-state index contributed by atoms with van der Waals surface area (Å²) in [7, 11) is 0. The fourth-order valence-corrected chi connectivity index (χ4v) is 1.91. The van der Waals surface area contributed by atoms with Crippen LogP contribution in [0, 0.1) is 0 Å². The predicted octanol–water partition coefficient (Wildman–Crippen LogP) is 2.33. The van der Waals surface area contributed by atoms with E-state index in [-0.39, 0.29) is 6.73 Å². The summed E-state index contributed by atoms with van der Waals surface area (Å²) >= 11 is 0. The lowest BCUT2D eigenvalue weighted by molar-refractivity contribution is -0.693. The number of aliphatic hydroxyl groups is 1. The van der Waals surface area contributed by atoms with Gasteiger partial charge in [-0.25, -0.2) is 4.57 Å². The van der Waals surface area contributed by atoms with Crippen molar-refractivity contribution in [3.05, 3.63) is 67.3 Å². The molecule has 0 fully saturated rings. The largest absolute Gasteiger partial charge is 0.376 e. The highest BCUT2D eigenvalue weighted by Gasteiger charge is 2.09. The Morgan fingerprint density at radius 1 is 1.10 bits per heavy atom. The van der Waals surface area contributed by atoms with Crippen LogP contribution in [0.4, 0.5) is 11.4 Å². The van der Waals surface area contributed by atoms with Crippen LogP contribution in [0.5, 0.6) is 0 Å². The predicted molar refractivity (Wildman–Crippen MR) is 81.1 cm³/mol. The molecule has 1 aliphatic rings. The number of aromatic nitrogens is 1. The molecule has 2 N–H and O–H groups in total. The van der Waals surface area contributed by atoms with Gasteiger partial charge in [-0.1, -0.05) is 18.2 Å². The lowest BCUT2D eigenvalue weighted by Gasteiger charge is -2.24. The Labute approximate surface area is 119 Å². The van der Waals surface area contributed by atoms with E-state index in [0.717, 1.165) is 17.9 Å². The Morgan fingerprint density at radius 3 is 2.50 bits per heavy atom. The summed E-state index contributed by atoms with van der Waals surface area (Å²) in [5.41, 5.74) is 2.02. The number of fused-ring (bicyclic) bond motifs is 1. The summed E-state index contributed by atoms with van der Waals surface area (Å²) in [6, 6.07) is 13.9. The monoisotopic (exact) mass is 270 g/mol. The van der Waals surface area contributed by atoms with Gasteiger partial charge in [-0.05, 0) is 19.1 Å². The zero-order valence-electron chi connectivity index (χ0n) is 11.6. The molecule has 1 aromatic heterocycles. The van der Waals surface area contributed by atoms with Gasteiger partial charge in [0.1, 0.15) is 13.3 Å². The Hall–Kier alpha value is -2.33. The average Bonchev–Trinajstić information content (AvgIpc) is 2.55. The molecule has 20 heavy (non-hydrogen) atoms. The van der Waals surface area contributed by atoms with Gasteiger partial charge in [-0.15, -0.1) is 0 Å². The number of rotatable bonds is 2. The van der Waals surface area contributed by atoms with E-state index in [9.17, 15) is 0 Å². The molecule has 1 aliphatic heterocycles. The number of anilines is 2. The van der Waals surface area contributed by atoms with E-state index in [2.05, 4.69) is 29.2 Å². The molecule has 2 aromatic rings. The van der Waals surface area contributed by atoms with Crippen LogP contribution in [0.3, 0.4) is 0 Å². The third-order valence-corrected chi connectivity index (χ3v) is 3.00. The van der Waals surface area contributed by atoms with E-state index < -0.39 is 0 Å². The minimum Gasteiger partial charge on any atom is -0.376 e. The van der Waals surface area contributed by atoms with E-state index in [1.54, 1.807) is 11.1 Å². The van der Waals surface area contributed by atoms with Crippen molar-refractivity contribution in [2.45, 2.75) is 13.5 Å². The molecular weight excluding hydrogens is 250 g/mol. The number of nitrogens with zero attached hydrogens (tertiary/aromatic N) is 2. The highest BCUT2D eigenvalue weighted by molar-refractivity contribution is 5.74. The van der Waals surface area contributed by atoms with Gasteiger partial charge in [0.25, 0.3) is 0 Å². The first-order chi connectivity index (χ1) is 9.85. The summed E-state index contributed by atoms with van der Waals surface area (Å²) in [5.74, 6) is 0. The molecule has 1 aromatic carbocycles. The van der Waals surface area contributed by atoms with E-state index in [1.165, 1.54) is 0 Å². The molecule has 0 spiro atoms. The number of hydrogen-bond acceptors (Lipinski definition) is 3. The van der Waals surface area contributed by atoms with Crippen molar-refractivity contribution in [3.8, 4) is 0 Å². The molecule has 4 nitrogen and oxygen atoms in total. The van der Waals surface area contributed by atoms with Crippen molar-refractivity contribution in [1.82, 2.24) is 0 Å². The van der Waals surface area contributed by atoms with Crippen LogP contribution in [-0.4, -0.2) is 11.8 Å². The number of aliphatic hydroxyl groups excluding tert-OH is 1. The normalized spacial score (nSPS) is 12.0. The van der Waals surface area contributed by atoms with Crippen LogP contribution in [0.15, 0.2) is 67.3 Å². The van der Waals surface area contributed by atoms with Crippen LogP contribution in [0.25, 0.3) is 0 Å². The van der Waals surface area contributed by atoms with Gasteiger partial charge in [0.15, 0.2) is 12.4 Å². The fraction of sp³-hybridized carbons (Fsp3) is 0.188. The molecule has 0 saturated heterocycles. The molecule has 3 rings (SSSR count). The third-order valence-electron chi connectivity index (χ3n) is 3.00. The molecular formula is C16H20N3O+. The van der Waals surface area contributed by atoms with Gasteiger partial charge < -0.3 is 15.3 Å². The number of hydrogen-bond donors (Lipinski definition) is 2. The van der Waals surface area contributed by atoms with E-state index in [4.69, 9.17) is 5.11 Å². The molecule has 0 aliphatic carbocycles. The van der Waals surface area contributed by atoms with Crippen molar-refractivity contribution in [1.29, 1.82) is 0 Å². The minimum absolute atomic E-state index is 0.00912. The van der Waals surface area contributed by atoms with Gasteiger partial charge in [-0.3, -0.25) is 0 Å². The summed E-state index contributed by atoms with van der Waals surface area (Å²) in [4.78, 5) is 1.77. The molecule has 0 atom stereocenters. The molecule has 104 valence electrons. The quantitative estimate of drug-likeness (QED) is 0.823. The van der Waals surface area contributed by atoms with Gasteiger partial charge in [-0.2, -0.15) is 0 Å². The molecule has 0 saturated carbocycles. The van der Waals surface area contributed by atoms with Gasteiger partial charge in [0.2, 0.25) is 0 Å². The average molecular weight is 270 g/mol. The van der Waals surface area contributed by atoms with Crippen LogP contribution >= 0.6 is 0 Å². The lowest BCUT2D eigenvalue weighted by atomic mass is 10.2. The third kappa shape index (κ3) is 3.59. The van der Waals surface area contributed by atoms with Crippen molar-refractivity contribution in [3.63, 3.8) is 0 Å². The first-order valence-corrected chi connectivity index (χ1v) is 6.69. The van der Waals surface area contributed by atoms with Crippen molar-refractivity contribution < 1.29 is 9.67 Å². The first kappa shape index (κ1) is 14.1. The molecule has 2 heterocycles. The number of aryl methyl sites for hydroxylation is 1. The summed E-state index contributed by atoms with van der Waals surface area (Å²) in [6.07, 6.45) is 7.72. The summed E-state index contributed by atoms with van der Waals surface area (Å²) < 4.78 is 2.12. The Morgan fingerprint density at radius 2 is 1.85 bits per heavy atom. The van der Waals surface area contributed by atoms with E-state index in [0.29, 0.717) is 0 Å². The fourth-order valence-electron chi connectivity index (χ4n) is 1.91. The van der Waals surface area contributed by atoms with Gasteiger partial charge >= 0.3 is 0 Å².